The maximum Gasteiger partial charge on any atom is 0.272 e. The Morgan fingerprint density at radius 3 is 2.32 bits per heavy atom. The van der Waals surface area contributed by atoms with E-state index < -0.39 is 0 Å². The summed E-state index contributed by atoms with van der Waals surface area (Å²) in [7, 11) is 1.61. The van der Waals surface area contributed by atoms with E-state index in [0.717, 1.165) is 22.7 Å². The lowest BCUT2D eigenvalue weighted by molar-refractivity contribution is 0.0737. The number of benzene rings is 3. The van der Waals surface area contributed by atoms with Gasteiger partial charge in [-0.05, 0) is 73.7 Å². The van der Waals surface area contributed by atoms with Crippen LogP contribution in [0.4, 0.5) is 10.1 Å². The van der Waals surface area contributed by atoms with Crippen LogP contribution in [-0.4, -0.2) is 60.5 Å². The number of hydrogen-bond acceptors (Lipinski definition) is 5. The zero-order chi connectivity index (χ0) is 25.8. The van der Waals surface area contributed by atoms with E-state index in [1.165, 1.54) is 12.1 Å². The summed E-state index contributed by atoms with van der Waals surface area (Å²) >= 11 is 0. The first kappa shape index (κ1) is 24.4. The van der Waals surface area contributed by atoms with Gasteiger partial charge in [-0.2, -0.15) is 5.10 Å². The molecular formula is C29H29FN4O3. The molecule has 1 aliphatic rings. The number of nitrogens with zero attached hydrogens (tertiary/aromatic N) is 4. The third kappa shape index (κ3) is 5.14. The molecule has 0 spiro atoms. The lowest BCUT2D eigenvalue weighted by Gasteiger charge is -2.36. The SMILES string of the molecule is CCOc1ccccc1N1CCN(C(=O)c2cc(-c3ccc(F)cc3)nn2-c2ccc(OC)cc2)CC1. The Hall–Kier alpha value is -4.33. The fourth-order valence-electron chi connectivity index (χ4n) is 4.52. The van der Waals surface area contributed by atoms with Gasteiger partial charge in [0.2, 0.25) is 0 Å². The Balaban J connectivity index is 1.41. The van der Waals surface area contributed by atoms with Gasteiger partial charge >= 0.3 is 0 Å². The summed E-state index contributed by atoms with van der Waals surface area (Å²) in [5.41, 5.74) is 3.57. The first-order valence-corrected chi connectivity index (χ1v) is 12.3. The van der Waals surface area contributed by atoms with E-state index in [1.807, 2.05) is 54.3 Å². The van der Waals surface area contributed by atoms with Crippen molar-refractivity contribution in [3.63, 3.8) is 0 Å². The molecule has 2 heterocycles. The van der Waals surface area contributed by atoms with Crippen molar-refractivity contribution in [2.24, 2.45) is 0 Å². The number of piperazine rings is 1. The van der Waals surface area contributed by atoms with Gasteiger partial charge in [-0.3, -0.25) is 4.79 Å². The Bertz CT molecular complexity index is 1360. The van der Waals surface area contributed by atoms with Crippen molar-refractivity contribution in [2.45, 2.75) is 6.92 Å². The highest BCUT2D eigenvalue weighted by Gasteiger charge is 2.27. The Morgan fingerprint density at radius 1 is 0.946 bits per heavy atom. The summed E-state index contributed by atoms with van der Waals surface area (Å²) in [4.78, 5) is 17.9. The van der Waals surface area contributed by atoms with Gasteiger partial charge in [-0.15, -0.1) is 0 Å². The molecule has 1 aromatic heterocycles. The molecule has 0 radical (unpaired) electrons. The molecule has 0 aliphatic carbocycles. The highest BCUT2D eigenvalue weighted by atomic mass is 19.1. The molecule has 1 aliphatic heterocycles. The fraction of sp³-hybridized carbons (Fsp3) is 0.241. The third-order valence-corrected chi connectivity index (χ3v) is 6.46. The van der Waals surface area contributed by atoms with E-state index in [4.69, 9.17) is 14.6 Å². The van der Waals surface area contributed by atoms with E-state index in [0.29, 0.717) is 49.9 Å². The van der Waals surface area contributed by atoms with Crippen LogP contribution in [0.3, 0.4) is 0 Å². The zero-order valence-corrected chi connectivity index (χ0v) is 20.9. The van der Waals surface area contributed by atoms with Gasteiger partial charge in [0.15, 0.2) is 0 Å². The monoisotopic (exact) mass is 500 g/mol. The van der Waals surface area contributed by atoms with Crippen LogP contribution in [0.5, 0.6) is 11.5 Å². The number of amides is 1. The summed E-state index contributed by atoms with van der Waals surface area (Å²) in [6.07, 6.45) is 0. The molecule has 4 aromatic rings. The van der Waals surface area contributed by atoms with Gasteiger partial charge in [0.25, 0.3) is 5.91 Å². The number of halogens is 1. The van der Waals surface area contributed by atoms with Gasteiger partial charge in [0, 0.05) is 31.7 Å². The van der Waals surface area contributed by atoms with Crippen LogP contribution < -0.4 is 14.4 Å². The highest BCUT2D eigenvalue weighted by molar-refractivity contribution is 5.94. The number of carbonyl (C=O) groups is 1. The molecule has 190 valence electrons. The maximum atomic E-state index is 13.8. The van der Waals surface area contributed by atoms with Crippen LogP contribution in [0.2, 0.25) is 0 Å². The summed E-state index contributed by atoms with van der Waals surface area (Å²) in [6.45, 7) is 5.09. The molecule has 3 aromatic carbocycles. The molecule has 0 unspecified atom stereocenters. The Morgan fingerprint density at radius 2 is 1.65 bits per heavy atom. The van der Waals surface area contributed by atoms with E-state index in [1.54, 1.807) is 30.0 Å². The summed E-state index contributed by atoms with van der Waals surface area (Å²) < 4.78 is 26.2. The van der Waals surface area contributed by atoms with Crippen LogP contribution in [-0.2, 0) is 0 Å². The molecule has 0 bridgehead atoms. The van der Waals surface area contributed by atoms with Crippen LogP contribution in [0.1, 0.15) is 17.4 Å². The summed E-state index contributed by atoms with van der Waals surface area (Å²) in [5, 5.41) is 4.73. The van der Waals surface area contributed by atoms with Crippen molar-refractivity contribution >= 4 is 11.6 Å². The average Bonchev–Trinajstić information content (AvgIpc) is 3.39. The Labute approximate surface area is 215 Å². The van der Waals surface area contributed by atoms with Crippen molar-refractivity contribution in [1.82, 2.24) is 14.7 Å². The molecule has 5 rings (SSSR count). The third-order valence-electron chi connectivity index (χ3n) is 6.46. The number of hydrogen-bond donors (Lipinski definition) is 0. The van der Waals surface area contributed by atoms with Gasteiger partial charge in [-0.25, -0.2) is 9.07 Å². The molecule has 37 heavy (non-hydrogen) atoms. The minimum atomic E-state index is -0.321. The van der Waals surface area contributed by atoms with Crippen molar-refractivity contribution in [1.29, 1.82) is 0 Å². The smallest absolute Gasteiger partial charge is 0.272 e. The van der Waals surface area contributed by atoms with Crippen LogP contribution in [0.15, 0.2) is 78.9 Å². The number of aromatic nitrogens is 2. The minimum absolute atomic E-state index is 0.102. The summed E-state index contributed by atoms with van der Waals surface area (Å²) in [5.74, 6) is 1.14. The minimum Gasteiger partial charge on any atom is -0.497 e. The normalized spacial score (nSPS) is 13.5. The molecule has 8 heteroatoms. The lowest BCUT2D eigenvalue weighted by Crippen LogP contribution is -2.49. The van der Waals surface area contributed by atoms with Gasteiger partial charge in [0.1, 0.15) is 23.0 Å². The van der Waals surface area contributed by atoms with Crippen molar-refractivity contribution in [3.05, 3.63) is 90.4 Å². The van der Waals surface area contributed by atoms with Gasteiger partial charge in [0.05, 0.1) is 30.8 Å². The van der Waals surface area contributed by atoms with Crippen LogP contribution >= 0.6 is 0 Å². The molecule has 0 atom stereocenters. The Kier molecular flexibility index (Phi) is 7.07. The van der Waals surface area contributed by atoms with Crippen molar-refractivity contribution in [2.75, 3.05) is 44.8 Å². The number of carbonyl (C=O) groups excluding carboxylic acids is 1. The second-order valence-corrected chi connectivity index (χ2v) is 8.71. The number of para-hydroxylation sites is 2. The highest BCUT2D eigenvalue weighted by Crippen LogP contribution is 2.30. The quantitative estimate of drug-likeness (QED) is 0.356. The van der Waals surface area contributed by atoms with Gasteiger partial charge in [-0.1, -0.05) is 12.1 Å². The summed E-state index contributed by atoms with van der Waals surface area (Å²) in [6, 6.07) is 23.3. The molecule has 0 saturated carbocycles. The number of anilines is 1. The van der Waals surface area contributed by atoms with Crippen molar-refractivity contribution < 1.29 is 18.7 Å². The average molecular weight is 501 g/mol. The molecule has 1 fully saturated rings. The fourth-order valence-corrected chi connectivity index (χ4v) is 4.52. The molecule has 1 amide bonds. The van der Waals surface area contributed by atoms with Gasteiger partial charge < -0.3 is 19.3 Å². The van der Waals surface area contributed by atoms with E-state index in [2.05, 4.69) is 11.0 Å². The van der Waals surface area contributed by atoms with Crippen LogP contribution in [0.25, 0.3) is 16.9 Å². The predicted octanol–water partition coefficient (Wildman–Crippen LogP) is 5.05. The molecule has 1 saturated heterocycles. The van der Waals surface area contributed by atoms with Crippen molar-refractivity contribution in [3.8, 4) is 28.4 Å². The topological polar surface area (TPSA) is 59.8 Å². The predicted molar refractivity (Wildman–Crippen MR) is 141 cm³/mol. The first-order valence-electron chi connectivity index (χ1n) is 12.3. The molecule has 7 nitrogen and oxygen atoms in total. The zero-order valence-electron chi connectivity index (χ0n) is 20.9. The largest absolute Gasteiger partial charge is 0.497 e. The second-order valence-electron chi connectivity index (χ2n) is 8.71. The molecular weight excluding hydrogens is 471 g/mol. The first-order chi connectivity index (χ1) is 18.1. The maximum absolute atomic E-state index is 13.8. The lowest BCUT2D eigenvalue weighted by atomic mass is 10.1. The standard InChI is InChI=1S/C29H29FN4O3/c1-3-37-28-7-5-4-6-26(28)32-16-18-33(19-17-32)29(35)27-20-25(21-8-10-22(30)11-9-21)31-34(27)23-12-14-24(36-2)15-13-23/h4-15,20H,3,16-19H2,1-2H3. The number of methoxy groups -OCH3 is 1. The number of ether oxygens (including phenoxy) is 2. The van der Waals surface area contributed by atoms with E-state index in [9.17, 15) is 9.18 Å². The second kappa shape index (κ2) is 10.7. The van der Waals surface area contributed by atoms with E-state index >= 15 is 0 Å². The van der Waals surface area contributed by atoms with E-state index in [-0.39, 0.29) is 11.7 Å². The number of rotatable bonds is 7. The van der Waals surface area contributed by atoms with Crippen LogP contribution in [0, 0.1) is 5.82 Å². The molecule has 0 N–H and O–H groups in total.